The average Bonchev–Trinajstić information content (AvgIpc) is 2.46. The van der Waals surface area contributed by atoms with Gasteiger partial charge in [0.25, 0.3) is 5.91 Å². The van der Waals surface area contributed by atoms with Crippen molar-refractivity contribution in [1.29, 1.82) is 0 Å². The molecule has 0 unspecified atom stereocenters. The molecule has 0 radical (unpaired) electrons. The Morgan fingerprint density at radius 1 is 1.40 bits per heavy atom. The van der Waals surface area contributed by atoms with Crippen molar-refractivity contribution < 1.29 is 9.53 Å². The lowest BCUT2D eigenvalue weighted by Gasteiger charge is -2.27. The van der Waals surface area contributed by atoms with Crippen LogP contribution >= 0.6 is 15.9 Å². The first-order valence-electron chi connectivity index (χ1n) is 6.98. The average molecular weight is 341 g/mol. The maximum absolute atomic E-state index is 12.1. The lowest BCUT2D eigenvalue weighted by atomic mass is 10.0. The molecule has 1 aliphatic heterocycles. The number of carbonyl (C=O) groups excluding carboxylic acids is 1. The van der Waals surface area contributed by atoms with Gasteiger partial charge in [0.2, 0.25) is 0 Å². The fraction of sp³-hybridized carbons (Fsp3) is 0.533. The highest BCUT2D eigenvalue weighted by atomic mass is 79.9. The van der Waals surface area contributed by atoms with Crippen LogP contribution < -0.4 is 10.1 Å². The summed E-state index contributed by atoms with van der Waals surface area (Å²) >= 11 is 3.47. The van der Waals surface area contributed by atoms with E-state index in [4.69, 9.17) is 4.74 Å². The molecule has 0 saturated carbocycles. The highest BCUT2D eigenvalue weighted by Crippen LogP contribution is 2.29. The Morgan fingerprint density at radius 3 is 2.75 bits per heavy atom. The monoisotopic (exact) mass is 340 g/mol. The largest absolute Gasteiger partial charge is 0.483 e. The van der Waals surface area contributed by atoms with Crippen molar-refractivity contribution in [2.24, 2.45) is 0 Å². The minimum atomic E-state index is 0.0594. The van der Waals surface area contributed by atoms with Crippen molar-refractivity contribution in [2.45, 2.75) is 19.8 Å². The summed E-state index contributed by atoms with van der Waals surface area (Å²) in [7, 11) is 0. The fourth-order valence-corrected chi connectivity index (χ4v) is 2.63. The minimum Gasteiger partial charge on any atom is -0.483 e. The lowest BCUT2D eigenvalue weighted by Crippen LogP contribution is -2.47. The molecular weight excluding hydrogens is 320 g/mol. The van der Waals surface area contributed by atoms with Gasteiger partial charge in [0.1, 0.15) is 5.75 Å². The predicted molar refractivity (Wildman–Crippen MR) is 83.2 cm³/mol. The van der Waals surface area contributed by atoms with E-state index in [2.05, 4.69) is 41.2 Å². The van der Waals surface area contributed by atoms with Crippen molar-refractivity contribution in [3.05, 3.63) is 28.2 Å². The van der Waals surface area contributed by atoms with Gasteiger partial charge in [0.05, 0.1) is 0 Å². The number of amides is 1. The zero-order valence-corrected chi connectivity index (χ0v) is 13.6. The molecule has 1 aromatic rings. The molecule has 2 rings (SSSR count). The van der Waals surface area contributed by atoms with Crippen molar-refractivity contribution in [3.63, 3.8) is 0 Å². The van der Waals surface area contributed by atoms with Gasteiger partial charge in [-0.2, -0.15) is 0 Å². The number of halogens is 1. The summed E-state index contributed by atoms with van der Waals surface area (Å²) in [4.78, 5) is 13.9. The molecule has 1 saturated heterocycles. The number of nitrogens with one attached hydrogen (secondary N) is 1. The SMILES string of the molecule is CC(C)c1cc(Br)ccc1OCC(=O)N1CCNCC1. The Morgan fingerprint density at radius 2 is 2.10 bits per heavy atom. The van der Waals surface area contributed by atoms with Crippen molar-refractivity contribution in [1.82, 2.24) is 10.2 Å². The summed E-state index contributed by atoms with van der Waals surface area (Å²) < 4.78 is 6.77. The summed E-state index contributed by atoms with van der Waals surface area (Å²) in [6.45, 7) is 7.60. The first kappa shape index (κ1) is 15.3. The van der Waals surface area contributed by atoms with Crippen LogP contribution in [-0.2, 0) is 4.79 Å². The third-order valence-corrected chi connectivity index (χ3v) is 3.91. The van der Waals surface area contributed by atoms with E-state index >= 15 is 0 Å². The van der Waals surface area contributed by atoms with Crippen LogP contribution in [0.5, 0.6) is 5.75 Å². The standard InChI is InChI=1S/C15H21BrN2O2/c1-11(2)13-9-12(16)3-4-14(13)20-10-15(19)18-7-5-17-6-8-18/h3-4,9,11,17H,5-8,10H2,1-2H3. The Hall–Kier alpha value is -1.07. The van der Waals surface area contributed by atoms with Crippen LogP contribution in [-0.4, -0.2) is 43.6 Å². The first-order chi connectivity index (χ1) is 9.58. The molecular formula is C15H21BrN2O2. The van der Waals surface area contributed by atoms with Crippen LogP contribution in [0, 0.1) is 0 Å². The number of hydrogen-bond acceptors (Lipinski definition) is 3. The van der Waals surface area contributed by atoms with Crippen LogP contribution in [0.4, 0.5) is 0 Å². The van der Waals surface area contributed by atoms with E-state index in [-0.39, 0.29) is 12.5 Å². The van der Waals surface area contributed by atoms with Crippen LogP contribution in [0.2, 0.25) is 0 Å². The number of benzene rings is 1. The molecule has 4 nitrogen and oxygen atoms in total. The summed E-state index contributed by atoms with van der Waals surface area (Å²) in [6.07, 6.45) is 0. The summed E-state index contributed by atoms with van der Waals surface area (Å²) in [5.74, 6) is 1.22. The van der Waals surface area contributed by atoms with Gasteiger partial charge in [0.15, 0.2) is 6.61 Å². The van der Waals surface area contributed by atoms with Gasteiger partial charge in [-0.15, -0.1) is 0 Å². The normalized spacial score (nSPS) is 15.5. The zero-order chi connectivity index (χ0) is 14.5. The highest BCUT2D eigenvalue weighted by molar-refractivity contribution is 9.10. The van der Waals surface area contributed by atoms with Gasteiger partial charge in [0, 0.05) is 30.7 Å². The molecule has 110 valence electrons. The Labute approximate surface area is 128 Å². The second kappa shape index (κ2) is 7.09. The lowest BCUT2D eigenvalue weighted by molar-refractivity contribution is -0.133. The van der Waals surface area contributed by atoms with Crippen LogP contribution in [0.1, 0.15) is 25.3 Å². The first-order valence-corrected chi connectivity index (χ1v) is 7.78. The smallest absolute Gasteiger partial charge is 0.260 e. The maximum atomic E-state index is 12.1. The molecule has 20 heavy (non-hydrogen) atoms. The third-order valence-electron chi connectivity index (χ3n) is 3.41. The molecule has 0 aliphatic carbocycles. The second-order valence-corrected chi connectivity index (χ2v) is 6.17. The quantitative estimate of drug-likeness (QED) is 0.914. The maximum Gasteiger partial charge on any atom is 0.260 e. The fourth-order valence-electron chi connectivity index (χ4n) is 2.25. The Balaban J connectivity index is 1.98. The number of rotatable bonds is 4. The van der Waals surface area contributed by atoms with Gasteiger partial charge >= 0.3 is 0 Å². The molecule has 1 fully saturated rings. The number of hydrogen-bond donors (Lipinski definition) is 1. The molecule has 0 spiro atoms. The van der Waals surface area contributed by atoms with Crippen LogP contribution in [0.25, 0.3) is 0 Å². The molecule has 5 heteroatoms. The summed E-state index contributed by atoms with van der Waals surface area (Å²) in [5.41, 5.74) is 1.12. The van der Waals surface area contributed by atoms with E-state index in [9.17, 15) is 4.79 Å². The van der Waals surface area contributed by atoms with Crippen molar-refractivity contribution >= 4 is 21.8 Å². The number of nitrogens with zero attached hydrogens (tertiary/aromatic N) is 1. The van der Waals surface area contributed by atoms with E-state index < -0.39 is 0 Å². The van der Waals surface area contributed by atoms with Gasteiger partial charge in [-0.05, 0) is 29.7 Å². The molecule has 0 aromatic heterocycles. The number of piperazine rings is 1. The van der Waals surface area contributed by atoms with E-state index in [0.717, 1.165) is 42.0 Å². The molecule has 0 bridgehead atoms. The molecule has 0 atom stereocenters. The molecule has 1 amide bonds. The van der Waals surface area contributed by atoms with Gasteiger partial charge in [-0.3, -0.25) is 4.79 Å². The van der Waals surface area contributed by atoms with Crippen LogP contribution in [0.15, 0.2) is 22.7 Å². The van der Waals surface area contributed by atoms with E-state index in [1.54, 1.807) is 0 Å². The topological polar surface area (TPSA) is 41.6 Å². The third kappa shape index (κ3) is 3.96. The molecule has 1 aliphatic rings. The highest BCUT2D eigenvalue weighted by Gasteiger charge is 2.17. The summed E-state index contributed by atoms with van der Waals surface area (Å²) in [6, 6.07) is 5.91. The number of carbonyl (C=O) groups is 1. The second-order valence-electron chi connectivity index (χ2n) is 5.26. The minimum absolute atomic E-state index is 0.0594. The number of ether oxygens (including phenoxy) is 1. The summed E-state index contributed by atoms with van der Waals surface area (Å²) in [5, 5.41) is 3.23. The van der Waals surface area contributed by atoms with Gasteiger partial charge < -0.3 is 15.0 Å². The van der Waals surface area contributed by atoms with Gasteiger partial charge in [-0.25, -0.2) is 0 Å². The van der Waals surface area contributed by atoms with Crippen molar-refractivity contribution in [3.8, 4) is 5.75 Å². The van der Waals surface area contributed by atoms with Crippen molar-refractivity contribution in [2.75, 3.05) is 32.8 Å². The molecule has 1 aromatic carbocycles. The van der Waals surface area contributed by atoms with E-state index in [1.165, 1.54) is 0 Å². The molecule has 1 heterocycles. The Kier molecular flexibility index (Phi) is 5.43. The van der Waals surface area contributed by atoms with E-state index in [1.807, 2.05) is 17.0 Å². The van der Waals surface area contributed by atoms with E-state index in [0.29, 0.717) is 5.92 Å². The molecule has 1 N–H and O–H groups in total. The predicted octanol–water partition coefficient (Wildman–Crippen LogP) is 2.38. The Bertz CT molecular complexity index is 471. The zero-order valence-electron chi connectivity index (χ0n) is 12.0. The van der Waals surface area contributed by atoms with Gasteiger partial charge in [-0.1, -0.05) is 29.8 Å². The van der Waals surface area contributed by atoms with Crippen LogP contribution in [0.3, 0.4) is 0 Å².